The molecular formula is C11H18O. The van der Waals surface area contributed by atoms with E-state index in [9.17, 15) is 0 Å². The second kappa shape index (κ2) is 8.28. The van der Waals surface area contributed by atoms with Crippen LogP contribution in [0.25, 0.3) is 0 Å². The molecule has 0 aromatic rings. The highest BCUT2D eigenvalue weighted by molar-refractivity contribution is 4.99. The van der Waals surface area contributed by atoms with Crippen LogP contribution in [0.3, 0.4) is 0 Å². The lowest BCUT2D eigenvalue weighted by Crippen LogP contribution is -1.83. The van der Waals surface area contributed by atoms with E-state index < -0.39 is 0 Å². The minimum atomic E-state index is 0.183. The van der Waals surface area contributed by atoms with Crippen LogP contribution in [0.4, 0.5) is 0 Å². The van der Waals surface area contributed by atoms with Gasteiger partial charge in [0.15, 0.2) is 0 Å². The van der Waals surface area contributed by atoms with Crippen molar-refractivity contribution in [1.29, 1.82) is 0 Å². The predicted octanol–water partition coefficient (Wildman–Crippen LogP) is 2.84. The number of aliphatic hydroxyl groups excluding tert-OH is 1. The van der Waals surface area contributed by atoms with Crippen molar-refractivity contribution in [2.24, 2.45) is 0 Å². The summed E-state index contributed by atoms with van der Waals surface area (Å²) in [6.45, 7) is 5.72. The molecule has 1 nitrogen and oxygen atoms in total. The maximum absolute atomic E-state index is 8.68. The van der Waals surface area contributed by atoms with Gasteiger partial charge < -0.3 is 5.11 Å². The monoisotopic (exact) mass is 166 g/mol. The van der Waals surface area contributed by atoms with Crippen molar-refractivity contribution in [3.63, 3.8) is 0 Å². The Morgan fingerprint density at radius 2 is 2.17 bits per heavy atom. The molecule has 0 amide bonds. The maximum Gasteiger partial charge on any atom is 0.0639 e. The van der Waals surface area contributed by atoms with Crippen molar-refractivity contribution in [2.75, 3.05) is 6.61 Å². The van der Waals surface area contributed by atoms with Crippen LogP contribution in [0.15, 0.2) is 36.5 Å². The van der Waals surface area contributed by atoms with Crippen LogP contribution in [-0.2, 0) is 0 Å². The fourth-order valence-electron chi connectivity index (χ4n) is 0.841. The van der Waals surface area contributed by atoms with Crippen LogP contribution in [0.5, 0.6) is 0 Å². The second-order valence-electron chi connectivity index (χ2n) is 2.80. The van der Waals surface area contributed by atoms with E-state index in [4.69, 9.17) is 5.11 Å². The highest BCUT2D eigenvalue weighted by Gasteiger charge is 1.84. The van der Waals surface area contributed by atoms with E-state index in [1.165, 1.54) is 0 Å². The topological polar surface area (TPSA) is 20.2 Å². The van der Waals surface area contributed by atoms with Gasteiger partial charge in [0.2, 0.25) is 0 Å². The van der Waals surface area contributed by atoms with Gasteiger partial charge in [0.1, 0.15) is 0 Å². The van der Waals surface area contributed by atoms with Gasteiger partial charge in [0, 0.05) is 0 Å². The smallest absolute Gasteiger partial charge is 0.0639 e. The molecule has 12 heavy (non-hydrogen) atoms. The molecule has 0 aromatic carbocycles. The molecule has 0 aliphatic carbocycles. The summed E-state index contributed by atoms with van der Waals surface area (Å²) < 4.78 is 0. The van der Waals surface area contributed by atoms with Gasteiger partial charge in [0.25, 0.3) is 0 Å². The number of aliphatic hydroxyl groups is 1. The average Bonchev–Trinajstić information content (AvgIpc) is 2.10. The largest absolute Gasteiger partial charge is 0.392 e. The minimum Gasteiger partial charge on any atom is -0.392 e. The lowest BCUT2D eigenvalue weighted by Gasteiger charge is -1.93. The summed E-state index contributed by atoms with van der Waals surface area (Å²) in [7, 11) is 0. The Balaban J connectivity index is 3.32. The Bertz CT molecular complexity index is 166. The van der Waals surface area contributed by atoms with E-state index in [2.05, 4.69) is 18.7 Å². The molecule has 0 aliphatic rings. The van der Waals surface area contributed by atoms with Crippen LogP contribution in [0, 0.1) is 0 Å². The van der Waals surface area contributed by atoms with Crippen molar-refractivity contribution in [3.8, 4) is 0 Å². The van der Waals surface area contributed by atoms with Crippen LogP contribution in [-0.4, -0.2) is 11.7 Å². The Morgan fingerprint density at radius 1 is 1.42 bits per heavy atom. The third-order valence-corrected chi connectivity index (χ3v) is 1.59. The normalized spacial score (nSPS) is 12.3. The fourth-order valence-corrected chi connectivity index (χ4v) is 0.841. The summed E-state index contributed by atoms with van der Waals surface area (Å²) in [4.78, 5) is 0. The molecule has 0 saturated heterocycles. The number of rotatable bonds is 6. The molecule has 0 bridgehead atoms. The molecule has 0 heterocycles. The number of unbranched alkanes of at least 4 members (excludes halogenated alkanes) is 2. The zero-order chi connectivity index (χ0) is 9.23. The number of hydrogen-bond acceptors (Lipinski definition) is 1. The Labute approximate surface area is 75.1 Å². The van der Waals surface area contributed by atoms with Crippen molar-refractivity contribution in [3.05, 3.63) is 36.5 Å². The molecule has 0 radical (unpaired) electrons. The van der Waals surface area contributed by atoms with Crippen molar-refractivity contribution in [2.45, 2.75) is 26.2 Å². The van der Waals surface area contributed by atoms with E-state index in [1.54, 1.807) is 6.08 Å². The van der Waals surface area contributed by atoms with Gasteiger partial charge in [-0.3, -0.25) is 0 Å². The van der Waals surface area contributed by atoms with E-state index in [-0.39, 0.29) is 6.61 Å². The highest BCUT2D eigenvalue weighted by Crippen LogP contribution is 2.01. The van der Waals surface area contributed by atoms with E-state index >= 15 is 0 Å². The molecule has 0 atom stereocenters. The van der Waals surface area contributed by atoms with Crippen molar-refractivity contribution in [1.82, 2.24) is 0 Å². The molecule has 0 fully saturated rings. The summed E-state index contributed by atoms with van der Waals surface area (Å²) >= 11 is 0. The molecule has 0 saturated carbocycles. The van der Waals surface area contributed by atoms with Crippen molar-refractivity contribution < 1.29 is 5.11 Å². The van der Waals surface area contributed by atoms with Crippen LogP contribution < -0.4 is 0 Å². The first-order chi connectivity index (χ1) is 5.81. The SMILES string of the molecule is C=C/C=C/CCC/C=C(\C)CO. The first-order valence-corrected chi connectivity index (χ1v) is 4.35. The standard InChI is InChI=1S/C11H18O/c1-3-4-5-6-7-8-9-11(2)10-12/h3-5,9,12H,1,6-8,10H2,2H3/b5-4+,11-9+. The van der Waals surface area contributed by atoms with Gasteiger partial charge in [-0.1, -0.05) is 36.5 Å². The lowest BCUT2D eigenvalue weighted by atomic mass is 10.2. The molecule has 1 N–H and O–H groups in total. The summed E-state index contributed by atoms with van der Waals surface area (Å²) in [5.41, 5.74) is 1.06. The summed E-state index contributed by atoms with van der Waals surface area (Å²) in [5, 5.41) is 8.68. The molecule has 0 rings (SSSR count). The molecule has 1 heteroatoms. The highest BCUT2D eigenvalue weighted by atomic mass is 16.3. The first-order valence-electron chi connectivity index (χ1n) is 4.35. The van der Waals surface area contributed by atoms with Crippen LogP contribution >= 0.6 is 0 Å². The summed E-state index contributed by atoms with van der Waals surface area (Å²) in [6.07, 6.45) is 11.2. The molecule has 0 aliphatic heterocycles. The summed E-state index contributed by atoms with van der Waals surface area (Å²) in [5.74, 6) is 0. The lowest BCUT2D eigenvalue weighted by molar-refractivity contribution is 0.331. The second-order valence-corrected chi connectivity index (χ2v) is 2.80. The zero-order valence-corrected chi connectivity index (χ0v) is 7.79. The third-order valence-electron chi connectivity index (χ3n) is 1.59. The molecule has 0 unspecified atom stereocenters. The van der Waals surface area contributed by atoms with Gasteiger partial charge in [-0.2, -0.15) is 0 Å². The van der Waals surface area contributed by atoms with Gasteiger partial charge in [0.05, 0.1) is 6.61 Å². The van der Waals surface area contributed by atoms with Gasteiger partial charge in [-0.25, -0.2) is 0 Å². The van der Waals surface area contributed by atoms with Crippen LogP contribution in [0.2, 0.25) is 0 Å². The molecule has 68 valence electrons. The first kappa shape index (κ1) is 11.2. The summed E-state index contributed by atoms with van der Waals surface area (Å²) in [6, 6.07) is 0. The molecular weight excluding hydrogens is 148 g/mol. The maximum atomic E-state index is 8.68. The van der Waals surface area contributed by atoms with Gasteiger partial charge in [-0.05, 0) is 26.2 Å². The fraction of sp³-hybridized carbons (Fsp3) is 0.455. The van der Waals surface area contributed by atoms with E-state index in [0.717, 1.165) is 24.8 Å². The van der Waals surface area contributed by atoms with Crippen molar-refractivity contribution >= 4 is 0 Å². The predicted molar refractivity (Wildman–Crippen MR) is 54.0 cm³/mol. The van der Waals surface area contributed by atoms with Gasteiger partial charge >= 0.3 is 0 Å². The van der Waals surface area contributed by atoms with E-state index in [1.807, 2.05) is 13.0 Å². The Morgan fingerprint density at radius 3 is 2.75 bits per heavy atom. The Hall–Kier alpha value is -0.820. The minimum absolute atomic E-state index is 0.183. The number of allylic oxidation sites excluding steroid dienone is 4. The zero-order valence-electron chi connectivity index (χ0n) is 7.79. The average molecular weight is 166 g/mol. The molecule has 0 spiro atoms. The van der Waals surface area contributed by atoms with Gasteiger partial charge in [-0.15, -0.1) is 0 Å². The number of hydrogen-bond donors (Lipinski definition) is 1. The van der Waals surface area contributed by atoms with Crippen LogP contribution in [0.1, 0.15) is 26.2 Å². The van der Waals surface area contributed by atoms with E-state index in [0.29, 0.717) is 0 Å². The quantitative estimate of drug-likeness (QED) is 0.365. The third kappa shape index (κ3) is 7.29. The molecule has 0 aromatic heterocycles. The Kier molecular flexibility index (Phi) is 7.71.